The number of nitrogens with one attached hydrogen (secondary N) is 1. The average Bonchev–Trinajstić information content (AvgIpc) is 2.90. The minimum atomic E-state index is -0.581. The maximum atomic E-state index is 12.5. The standard InChI is InChI=1S/C13H15ClN2O2.C7H4ClFO.C6H12N2O/c1-10(18)15-4-6-16(7-5-15)13-8-12(14)3-2-11(13)9-17;8-6-2-1-5(4-10)7(9)3-6;1-6(9)8-4-2-7-3-5-8/h2-3,8-9H,4-7H2,1H3;1-4H;7H,2-5H2,1H3. The minimum Gasteiger partial charge on any atom is -0.367 e. The quantitative estimate of drug-likeness (QED) is 0.585. The minimum absolute atomic E-state index is 0.0319. The second kappa shape index (κ2) is 15.3. The molecule has 0 aliphatic carbocycles. The monoisotopic (exact) mass is 552 g/mol. The average molecular weight is 553 g/mol. The van der Waals surface area contributed by atoms with E-state index in [1.54, 1.807) is 32.0 Å². The van der Waals surface area contributed by atoms with Gasteiger partial charge in [0.25, 0.3) is 0 Å². The van der Waals surface area contributed by atoms with Crippen LogP contribution in [0.4, 0.5) is 10.1 Å². The molecule has 8 nitrogen and oxygen atoms in total. The van der Waals surface area contributed by atoms with Crippen LogP contribution in [0.3, 0.4) is 0 Å². The maximum Gasteiger partial charge on any atom is 0.219 e. The van der Waals surface area contributed by atoms with Crippen molar-refractivity contribution in [1.82, 2.24) is 15.1 Å². The van der Waals surface area contributed by atoms with Gasteiger partial charge in [0, 0.05) is 87.5 Å². The number of rotatable bonds is 3. The topological polar surface area (TPSA) is 90.0 Å². The van der Waals surface area contributed by atoms with Crippen LogP contribution in [-0.2, 0) is 9.59 Å². The van der Waals surface area contributed by atoms with Gasteiger partial charge in [-0.25, -0.2) is 4.39 Å². The van der Waals surface area contributed by atoms with E-state index in [1.165, 1.54) is 12.1 Å². The van der Waals surface area contributed by atoms with Crippen molar-refractivity contribution in [2.45, 2.75) is 13.8 Å². The lowest BCUT2D eigenvalue weighted by Crippen LogP contribution is -2.48. The van der Waals surface area contributed by atoms with Crippen molar-refractivity contribution in [3.63, 3.8) is 0 Å². The Hall–Kier alpha value is -3.01. The first-order valence-corrected chi connectivity index (χ1v) is 12.5. The number of halogens is 3. The molecule has 4 rings (SSSR count). The molecule has 0 atom stereocenters. The van der Waals surface area contributed by atoms with Gasteiger partial charge in [-0.15, -0.1) is 0 Å². The Bertz CT molecular complexity index is 1090. The SMILES string of the molecule is CC(=O)N1CCN(c2cc(Cl)ccc2C=O)CC1.CC(=O)N1CCNCC1.O=Cc1ccc(Cl)cc1F. The second-order valence-electron chi connectivity index (χ2n) is 8.35. The van der Waals surface area contributed by atoms with E-state index >= 15 is 0 Å². The fraction of sp³-hybridized carbons (Fsp3) is 0.385. The number of benzene rings is 2. The largest absolute Gasteiger partial charge is 0.367 e. The molecule has 2 saturated heterocycles. The molecule has 11 heteroatoms. The molecule has 0 unspecified atom stereocenters. The predicted octanol–water partition coefficient (Wildman–Crippen LogP) is 3.55. The summed E-state index contributed by atoms with van der Waals surface area (Å²) in [4.78, 5) is 48.8. The molecule has 200 valence electrons. The zero-order valence-electron chi connectivity index (χ0n) is 20.9. The fourth-order valence-electron chi connectivity index (χ4n) is 3.73. The summed E-state index contributed by atoms with van der Waals surface area (Å²) >= 11 is 11.4. The van der Waals surface area contributed by atoms with Crippen LogP contribution >= 0.6 is 23.2 Å². The summed E-state index contributed by atoms with van der Waals surface area (Å²) in [5, 5.41) is 4.09. The van der Waals surface area contributed by atoms with Crippen molar-refractivity contribution >= 4 is 53.3 Å². The number of carbonyl (C=O) groups is 4. The van der Waals surface area contributed by atoms with Crippen molar-refractivity contribution in [2.24, 2.45) is 0 Å². The molecular weight excluding hydrogens is 522 g/mol. The Kier molecular flexibility index (Phi) is 12.5. The third-order valence-electron chi connectivity index (χ3n) is 5.84. The smallest absolute Gasteiger partial charge is 0.219 e. The highest BCUT2D eigenvalue weighted by Gasteiger charge is 2.20. The number of hydrogen-bond donors (Lipinski definition) is 1. The molecule has 2 aromatic rings. The Morgan fingerprint density at radius 3 is 1.73 bits per heavy atom. The predicted molar refractivity (Wildman–Crippen MR) is 143 cm³/mol. The first-order valence-electron chi connectivity index (χ1n) is 11.8. The zero-order valence-corrected chi connectivity index (χ0v) is 22.4. The van der Waals surface area contributed by atoms with E-state index in [-0.39, 0.29) is 17.4 Å². The summed E-state index contributed by atoms with van der Waals surface area (Å²) < 4.78 is 12.5. The van der Waals surface area contributed by atoms with Crippen molar-refractivity contribution in [3.05, 3.63) is 63.4 Å². The highest BCUT2D eigenvalue weighted by atomic mass is 35.5. The van der Waals surface area contributed by atoms with Crippen LogP contribution < -0.4 is 10.2 Å². The fourth-order valence-corrected chi connectivity index (χ4v) is 4.05. The number of aldehydes is 2. The van der Waals surface area contributed by atoms with Gasteiger partial charge >= 0.3 is 0 Å². The molecule has 0 saturated carbocycles. The van der Waals surface area contributed by atoms with Crippen molar-refractivity contribution in [1.29, 1.82) is 0 Å². The molecule has 2 aliphatic heterocycles. The van der Waals surface area contributed by atoms with Crippen molar-refractivity contribution in [2.75, 3.05) is 57.3 Å². The van der Waals surface area contributed by atoms with Crippen LogP contribution in [0.25, 0.3) is 0 Å². The van der Waals surface area contributed by atoms with Crippen LogP contribution in [0.15, 0.2) is 36.4 Å². The molecular formula is C26H31Cl2FN4O4. The van der Waals surface area contributed by atoms with Crippen LogP contribution in [0.5, 0.6) is 0 Å². The normalized spacial score (nSPS) is 15.0. The molecule has 37 heavy (non-hydrogen) atoms. The Balaban J connectivity index is 0.000000214. The van der Waals surface area contributed by atoms with Crippen molar-refractivity contribution < 1.29 is 23.6 Å². The van der Waals surface area contributed by atoms with Gasteiger partial charge in [-0.05, 0) is 36.4 Å². The summed E-state index contributed by atoms with van der Waals surface area (Å²) in [5.74, 6) is -0.296. The Labute approximate surface area is 226 Å². The number of nitrogens with zero attached hydrogens (tertiary/aromatic N) is 3. The van der Waals surface area contributed by atoms with Gasteiger partial charge in [0.1, 0.15) is 5.82 Å². The highest BCUT2D eigenvalue weighted by Crippen LogP contribution is 2.25. The lowest BCUT2D eigenvalue weighted by atomic mass is 10.1. The molecule has 2 fully saturated rings. The van der Waals surface area contributed by atoms with Gasteiger partial charge in [0.05, 0.1) is 5.56 Å². The number of piperazine rings is 2. The highest BCUT2D eigenvalue weighted by molar-refractivity contribution is 6.31. The molecule has 2 aromatic carbocycles. The first kappa shape index (κ1) is 30.2. The van der Waals surface area contributed by atoms with Gasteiger partial charge in [-0.1, -0.05) is 23.2 Å². The summed E-state index contributed by atoms with van der Waals surface area (Å²) in [7, 11) is 0. The van der Waals surface area contributed by atoms with E-state index in [0.29, 0.717) is 35.0 Å². The van der Waals surface area contributed by atoms with Gasteiger partial charge in [-0.3, -0.25) is 19.2 Å². The molecule has 2 heterocycles. The molecule has 0 aromatic heterocycles. The summed E-state index contributed by atoms with van der Waals surface area (Å²) in [5.41, 5.74) is 1.51. The third-order valence-corrected chi connectivity index (χ3v) is 6.31. The van der Waals surface area contributed by atoms with Gasteiger partial charge in [-0.2, -0.15) is 0 Å². The number of carbonyl (C=O) groups excluding carboxylic acids is 4. The van der Waals surface area contributed by atoms with E-state index in [2.05, 4.69) is 10.2 Å². The van der Waals surface area contributed by atoms with Crippen LogP contribution in [0, 0.1) is 5.82 Å². The number of amides is 2. The van der Waals surface area contributed by atoms with E-state index in [0.717, 1.165) is 57.3 Å². The second-order valence-corrected chi connectivity index (χ2v) is 9.23. The maximum absolute atomic E-state index is 12.5. The Morgan fingerprint density at radius 1 is 0.784 bits per heavy atom. The zero-order chi connectivity index (χ0) is 27.4. The molecule has 1 N–H and O–H groups in total. The molecule has 0 radical (unpaired) electrons. The number of hydrogen-bond acceptors (Lipinski definition) is 6. The van der Waals surface area contributed by atoms with Crippen LogP contribution in [-0.4, -0.2) is 86.5 Å². The van der Waals surface area contributed by atoms with Crippen LogP contribution in [0.1, 0.15) is 34.6 Å². The van der Waals surface area contributed by atoms with E-state index < -0.39 is 5.82 Å². The van der Waals surface area contributed by atoms with Gasteiger partial charge in [0.15, 0.2) is 12.6 Å². The van der Waals surface area contributed by atoms with E-state index in [1.807, 2.05) is 9.80 Å². The first-order chi connectivity index (χ1) is 17.7. The molecule has 0 bridgehead atoms. The summed E-state index contributed by atoms with van der Waals surface area (Å²) in [6, 6.07) is 9.14. The lowest BCUT2D eigenvalue weighted by molar-refractivity contribution is -0.130. The molecule has 0 spiro atoms. The lowest BCUT2D eigenvalue weighted by Gasteiger charge is -2.36. The summed E-state index contributed by atoms with van der Waals surface area (Å²) in [6.45, 7) is 9.63. The van der Waals surface area contributed by atoms with E-state index in [4.69, 9.17) is 23.2 Å². The number of anilines is 1. The van der Waals surface area contributed by atoms with Crippen molar-refractivity contribution in [3.8, 4) is 0 Å². The molecule has 2 aliphatic rings. The molecule has 2 amide bonds. The van der Waals surface area contributed by atoms with Crippen LogP contribution in [0.2, 0.25) is 10.0 Å². The van der Waals surface area contributed by atoms with Gasteiger partial charge < -0.3 is 20.0 Å². The van der Waals surface area contributed by atoms with E-state index in [9.17, 15) is 23.6 Å². The van der Waals surface area contributed by atoms with Gasteiger partial charge in [0.2, 0.25) is 11.8 Å². The summed E-state index contributed by atoms with van der Waals surface area (Å²) in [6.07, 6.45) is 1.29. The third kappa shape index (κ3) is 9.76. The Morgan fingerprint density at radius 2 is 1.27 bits per heavy atom.